The Labute approximate surface area is 171 Å². The summed E-state index contributed by atoms with van der Waals surface area (Å²) in [6.07, 6.45) is 1.80. The normalized spacial score (nSPS) is 13.0. The van der Waals surface area contributed by atoms with Gasteiger partial charge in [0.25, 0.3) is 0 Å². The molecule has 1 N–H and O–H groups in total. The van der Waals surface area contributed by atoms with Crippen molar-refractivity contribution in [1.29, 1.82) is 0 Å². The first kappa shape index (κ1) is 21.0. The van der Waals surface area contributed by atoms with Gasteiger partial charge in [-0.1, -0.05) is 24.3 Å². The first-order valence-corrected chi connectivity index (χ1v) is 11.4. The molecule has 1 aliphatic heterocycles. The SMILES string of the molecule is Cc1ccccc1CNC(=O)CCCN(c1ccc2c(c1)OCCO2)S(C)(=O)=O. The number of carbonyl (C=O) groups is 1. The van der Waals surface area contributed by atoms with Crippen molar-refractivity contribution in [3.63, 3.8) is 0 Å². The minimum atomic E-state index is -3.50. The number of sulfonamides is 1. The Morgan fingerprint density at radius 3 is 2.55 bits per heavy atom. The maximum atomic E-state index is 12.3. The van der Waals surface area contributed by atoms with E-state index >= 15 is 0 Å². The second-order valence-electron chi connectivity index (χ2n) is 6.97. The summed E-state index contributed by atoms with van der Waals surface area (Å²) in [6, 6.07) is 12.9. The molecule has 7 nitrogen and oxygen atoms in total. The fourth-order valence-electron chi connectivity index (χ4n) is 3.15. The van der Waals surface area contributed by atoms with E-state index in [2.05, 4.69) is 5.32 Å². The molecule has 0 radical (unpaired) electrons. The van der Waals surface area contributed by atoms with Crippen molar-refractivity contribution >= 4 is 21.6 Å². The number of carbonyl (C=O) groups excluding carboxylic acids is 1. The van der Waals surface area contributed by atoms with Gasteiger partial charge in [0.15, 0.2) is 11.5 Å². The summed E-state index contributed by atoms with van der Waals surface area (Å²) < 4.78 is 36.9. The van der Waals surface area contributed by atoms with Crippen LogP contribution in [0, 0.1) is 6.92 Å². The molecule has 2 aromatic rings. The highest BCUT2D eigenvalue weighted by atomic mass is 32.2. The number of hydrogen-bond acceptors (Lipinski definition) is 5. The first-order chi connectivity index (χ1) is 13.8. The van der Waals surface area contributed by atoms with Crippen LogP contribution in [0.15, 0.2) is 42.5 Å². The van der Waals surface area contributed by atoms with Crippen molar-refractivity contribution in [2.45, 2.75) is 26.3 Å². The Kier molecular flexibility index (Phi) is 6.64. The highest BCUT2D eigenvalue weighted by Gasteiger charge is 2.21. The molecule has 0 bridgehead atoms. The maximum absolute atomic E-state index is 12.3. The number of rotatable bonds is 8. The smallest absolute Gasteiger partial charge is 0.232 e. The van der Waals surface area contributed by atoms with Gasteiger partial charge in [0, 0.05) is 25.6 Å². The predicted octanol–water partition coefficient (Wildman–Crippen LogP) is 2.63. The summed E-state index contributed by atoms with van der Waals surface area (Å²) in [5, 5.41) is 2.89. The van der Waals surface area contributed by atoms with Crippen molar-refractivity contribution in [3.8, 4) is 11.5 Å². The summed E-state index contributed by atoms with van der Waals surface area (Å²) >= 11 is 0. The third-order valence-electron chi connectivity index (χ3n) is 4.72. The second-order valence-corrected chi connectivity index (χ2v) is 8.88. The van der Waals surface area contributed by atoms with Crippen LogP contribution in [0.4, 0.5) is 5.69 Å². The van der Waals surface area contributed by atoms with Gasteiger partial charge in [-0.15, -0.1) is 0 Å². The number of benzene rings is 2. The van der Waals surface area contributed by atoms with Crippen molar-refractivity contribution in [2.24, 2.45) is 0 Å². The van der Waals surface area contributed by atoms with Crippen LogP contribution in [-0.4, -0.2) is 40.3 Å². The minimum absolute atomic E-state index is 0.108. The molecule has 0 atom stereocenters. The zero-order chi connectivity index (χ0) is 20.9. The number of ether oxygens (including phenoxy) is 2. The van der Waals surface area contributed by atoms with E-state index in [1.165, 1.54) is 4.31 Å². The average molecular weight is 419 g/mol. The third-order valence-corrected chi connectivity index (χ3v) is 5.91. The van der Waals surface area contributed by atoms with Gasteiger partial charge >= 0.3 is 0 Å². The van der Waals surface area contributed by atoms with E-state index in [1.54, 1.807) is 18.2 Å². The average Bonchev–Trinajstić information content (AvgIpc) is 2.69. The Hall–Kier alpha value is -2.74. The number of aryl methyl sites for hydroxylation is 1. The quantitative estimate of drug-likeness (QED) is 0.712. The molecule has 1 amide bonds. The van der Waals surface area contributed by atoms with Crippen molar-refractivity contribution < 1.29 is 22.7 Å². The third kappa shape index (κ3) is 5.63. The second kappa shape index (κ2) is 9.17. The molecular weight excluding hydrogens is 392 g/mol. The summed E-state index contributed by atoms with van der Waals surface area (Å²) in [6.45, 7) is 3.56. The number of amides is 1. The molecule has 0 aliphatic carbocycles. The standard InChI is InChI=1S/C21H26N2O5S/c1-16-6-3-4-7-17(16)15-22-21(24)8-5-11-23(29(2,25)26)18-9-10-19-20(14-18)28-13-12-27-19/h3-4,6-7,9-10,14H,5,8,11-13,15H2,1-2H3,(H,22,24). The molecule has 8 heteroatoms. The highest BCUT2D eigenvalue weighted by Crippen LogP contribution is 2.34. The molecule has 0 saturated heterocycles. The van der Waals surface area contributed by atoms with Crippen LogP contribution in [0.25, 0.3) is 0 Å². The van der Waals surface area contributed by atoms with Gasteiger partial charge < -0.3 is 14.8 Å². The molecule has 0 unspecified atom stereocenters. The van der Waals surface area contributed by atoms with Crippen LogP contribution in [0.2, 0.25) is 0 Å². The summed E-state index contributed by atoms with van der Waals surface area (Å²) in [4.78, 5) is 12.2. The van der Waals surface area contributed by atoms with E-state index in [4.69, 9.17) is 9.47 Å². The molecule has 1 heterocycles. The fourth-order valence-corrected chi connectivity index (χ4v) is 4.10. The molecule has 3 rings (SSSR count). The van der Waals surface area contributed by atoms with Gasteiger partial charge in [-0.3, -0.25) is 9.10 Å². The molecule has 0 spiro atoms. The van der Waals surface area contributed by atoms with Crippen LogP contribution < -0.4 is 19.1 Å². The summed E-state index contributed by atoms with van der Waals surface area (Å²) in [5.41, 5.74) is 2.68. The topological polar surface area (TPSA) is 84.9 Å². The molecule has 0 fully saturated rings. The van der Waals surface area contributed by atoms with E-state index in [-0.39, 0.29) is 18.9 Å². The Morgan fingerprint density at radius 2 is 1.83 bits per heavy atom. The summed E-state index contributed by atoms with van der Waals surface area (Å²) in [7, 11) is -3.50. The first-order valence-electron chi connectivity index (χ1n) is 9.53. The van der Waals surface area contributed by atoms with Crippen molar-refractivity contribution in [1.82, 2.24) is 5.32 Å². The maximum Gasteiger partial charge on any atom is 0.232 e. The van der Waals surface area contributed by atoms with Gasteiger partial charge in [-0.2, -0.15) is 0 Å². The number of hydrogen-bond donors (Lipinski definition) is 1. The van der Waals surface area contributed by atoms with Gasteiger partial charge in [0.1, 0.15) is 13.2 Å². The molecule has 2 aromatic carbocycles. The lowest BCUT2D eigenvalue weighted by Gasteiger charge is -2.25. The van der Waals surface area contributed by atoms with E-state index in [0.29, 0.717) is 43.4 Å². The van der Waals surface area contributed by atoms with E-state index in [9.17, 15) is 13.2 Å². The van der Waals surface area contributed by atoms with Crippen LogP contribution in [0.3, 0.4) is 0 Å². The van der Waals surface area contributed by atoms with E-state index in [0.717, 1.165) is 17.4 Å². The van der Waals surface area contributed by atoms with Gasteiger partial charge in [0.2, 0.25) is 15.9 Å². The Morgan fingerprint density at radius 1 is 1.10 bits per heavy atom. The number of nitrogens with zero attached hydrogens (tertiary/aromatic N) is 1. The lowest BCUT2D eigenvalue weighted by molar-refractivity contribution is -0.121. The Balaban J connectivity index is 1.57. The zero-order valence-electron chi connectivity index (χ0n) is 16.7. The number of anilines is 1. The minimum Gasteiger partial charge on any atom is -0.486 e. The lowest BCUT2D eigenvalue weighted by Crippen LogP contribution is -2.32. The lowest BCUT2D eigenvalue weighted by atomic mass is 10.1. The molecule has 0 saturated carbocycles. The summed E-state index contributed by atoms with van der Waals surface area (Å²) in [5.74, 6) is 1.02. The van der Waals surface area contributed by atoms with Crippen LogP contribution >= 0.6 is 0 Å². The van der Waals surface area contributed by atoms with Gasteiger partial charge in [-0.05, 0) is 36.6 Å². The van der Waals surface area contributed by atoms with Crippen LogP contribution in [-0.2, 0) is 21.4 Å². The van der Waals surface area contributed by atoms with Gasteiger partial charge in [0.05, 0.1) is 11.9 Å². The molecule has 1 aliphatic rings. The van der Waals surface area contributed by atoms with Crippen LogP contribution in [0.1, 0.15) is 24.0 Å². The molecule has 156 valence electrons. The molecule has 29 heavy (non-hydrogen) atoms. The molecular formula is C21H26N2O5S. The number of fused-ring (bicyclic) bond motifs is 1. The van der Waals surface area contributed by atoms with E-state index in [1.807, 2.05) is 31.2 Å². The monoisotopic (exact) mass is 418 g/mol. The zero-order valence-corrected chi connectivity index (χ0v) is 17.5. The fraction of sp³-hybridized carbons (Fsp3) is 0.381. The highest BCUT2D eigenvalue weighted by molar-refractivity contribution is 7.92. The van der Waals surface area contributed by atoms with Crippen LogP contribution in [0.5, 0.6) is 11.5 Å². The Bertz CT molecular complexity index is 975. The van der Waals surface area contributed by atoms with E-state index < -0.39 is 10.0 Å². The predicted molar refractivity (Wildman–Crippen MR) is 112 cm³/mol. The largest absolute Gasteiger partial charge is 0.486 e. The molecule has 0 aromatic heterocycles. The number of nitrogens with one attached hydrogen (secondary N) is 1. The van der Waals surface area contributed by atoms with Crippen molar-refractivity contribution in [3.05, 3.63) is 53.6 Å². The van der Waals surface area contributed by atoms with Crippen molar-refractivity contribution in [2.75, 3.05) is 30.3 Å². The van der Waals surface area contributed by atoms with Gasteiger partial charge in [-0.25, -0.2) is 8.42 Å².